The number of carbonyl (C=O) groups is 5. The highest BCUT2D eigenvalue weighted by Gasteiger charge is 2.65. The number of hydrogen-bond donors (Lipinski definition) is 0. The van der Waals surface area contributed by atoms with Crippen molar-refractivity contribution in [3.05, 3.63) is 213 Å². The van der Waals surface area contributed by atoms with E-state index < -0.39 is 46.2 Å². The Morgan fingerprint density at radius 1 is 0.570 bits per heavy atom. The minimum absolute atomic E-state index is 0.0320. The van der Waals surface area contributed by atoms with Gasteiger partial charge in [-0.3, -0.25) is 38.2 Å². The average Bonchev–Trinajstić information content (AvgIpc) is 1.52. The Morgan fingerprint density at radius 3 is 1.40 bits per heavy atom. The van der Waals surface area contributed by atoms with Crippen LogP contribution in [0.1, 0.15) is 63.6 Å². The molecule has 0 unspecified atom stereocenters. The predicted octanol–water partition coefficient (Wildman–Crippen LogP) is 8.26. The molecule has 4 heterocycles. The van der Waals surface area contributed by atoms with Crippen LogP contribution in [0.2, 0.25) is 0 Å². The number of nitrogens with zero attached hydrogens (tertiary/aromatic N) is 9. The molecule has 86 heavy (non-hydrogen) atoms. The van der Waals surface area contributed by atoms with Crippen molar-refractivity contribution in [1.82, 2.24) is 19.4 Å². The number of allylic oxidation sites excluding steroid dienone is 1. The fourth-order valence-electron chi connectivity index (χ4n) is 10.2. The van der Waals surface area contributed by atoms with E-state index in [9.17, 15) is 30.6 Å². The molecule has 0 bridgehead atoms. The van der Waals surface area contributed by atoms with Crippen molar-refractivity contribution in [2.24, 2.45) is 4.99 Å². The Labute approximate surface area is 505 Å². The van der Waals surface area contributed by atoms with Crippen molar-refractivity contribution in [3.63, 3.8) is 0 Å². The van der Waals surface area contributed by atoms with Crippen molar-refractivity contribution < 1.29 is 42.9 Å². The predicted molar refractivity (Wildman–Crippen MR) is 317 cm³/mol. The number of thioether (sulfide) groups is 1. The molecule has 19 nitrogen and oxygen atoms in total. The van der Waals surface area contributed by atoms with E-state index in [0.717, 1.165) is 45.8 Å². The van der Waals surface area contributed by atoms with Crippen LogP contribution in [0.15, 0.2) is 154 Å². The van der Waals surface area contributed by atoms with Gasteiger partial charge in [-0.25, -0.2) is 15.0 Å². The van der Waals surface area contributed by atoms with Crippen molar-refractivity contribution in [2.45, 2.75) is 57.6 Å². The molecule has 1 amide bonds. The van der Waals surface area contributed by atoms with Crippen molar-refractivity contribution in [1.29, 1.82) is 21.0 Å². The monoisotopic (exact) mass is 1210 g/mol. The molecule has 2 aliphatic carbocycles. The molecule has 0 radical (unpaired) electrons. The van der Waals surface area contributed by atoms with E-state index in [4.69, 9.17) is 28.9 Å². The van der Waals surface area contributed by atoms with Gasteiger partial charge in [-0.15, -0.1) is 22.7 Å². The van der Waals surface area contributed by atoms with Gasteiger partial charge in [0.2, 0.25) is 16.0 Å². The highest BCUT2D eigenvalue weighted by atomic mass is 32.2. The molecular weight excluding hydrogens is 1170 g/mol. The summed E-state index contributed by atoms with van der Waals surface area (Å²) >= 11 is 3.48. The SMILES string of the molecule is CCN1C(=O)/C(=N/c2nc3c(s2)-c2cc4c(cc2C3(C(=O)OCc2ccccc2)C(=O)OCc2ccccc2)-c2sc(/C=c3\sc(=C(C#N)C#N)n(CC)c3=O)nc2C4(C(=O)OCc2ccccc2)C(=O)OCc2ccccc2)SC1=C(C#N)C#N. The number of nitriles is 4. The lowest BCUT2D eigenvalue weighted by atomic mass is 9.76. The van der Waals surface area contributed by atoms with Crippen LogP contribution in [0.5, 0.6) is 0 Å². The maximum absolute atomic E-state index is 15.8. The fraction of sp³-hybridized carbons (Fsp3) is 0.159. The zero-order valence-electron chi connectivity index (χ0n) is 45.3. The van der Waals surface area contributed by atoms with Crippen molar-refractivity contribution >= 4 is 97.4 Å². The van der Waals surface area contributed by atoms with Crippen LogP contribution in [-0.4, -0.2) is 60.8 Å². The molecule has 1 saturated heterocycles. The molecule has 3 aliphatic rings. The molecule has 0 saturated carbocycles. The number of hydrogen-bond acceptors (Lipinski definition) is 21. The lowest BCUT2D eigenvalue weighted by molar-refractivity contribution is -0.166. The standard InChI is InChI=1S/C63H41N9O10S4/c1-3-71-53(73)46(83-55(71)40(28-64)29-65)27-47-68-50-48(84-47)42-25-45-43(26-44(42)62(50,57(75)79-32-36-17-9-5-10-18-36)58(76)80-33-37-19-11-6-12-20-37)49-51(69-61(85-49)70-52-54(74)72(4-2)56(86-52)41(30-66)31-67)63(45,59(77)81-34-38-21-13-7-14-22-38)60(78)82-35-39-23-15-8-16-24-39/h5-27H,3-4,32-35H2,1-2H3/b46-27-,70-52-. The summed E-state index contributed by atoms with van der Waals surface area (Å²) < 4.78 is 26.1. The summed E-state index contributed by atoms with van der Waals surface area (Å²) in [6.07, 6.45) is 1.42. The second kappa shape index (κ2) is 24.1. The Hall–Kier alpha value is -10.4. The lowest BCUT2D eigenvalue weighted by Crippen LogP contribution is -2.47. The quantitative estimate of drug-likeness (QED) is 0.0381. The van der Waals surface area contributed by atoms with E-state index in [-0.39, 0.29) is 123 Å². The van der Waals surface area contributed by atoms with E-state index in [0.29, 0.717) is 22.3 Å². The Balaban J connectivity index is 1.19. The van der Waals surface area contributed by atoms with Gasteiger partial charge in [-0.1, -0.05) is 133 Å². The average molecular weight is 1210 g/mol. The molecule has 11 rings (SSSR count). The Morgan fingerprint density at radius 2 is 0.988 bits per heavy atom. The highest BCUT2D eigenvalue weighted by molar-refractivity contribution is 8.19. The smallest absolute Gasteiger partial charge is 0.334 e. The first-order valence-electron chi connectivity index (χ1n) is 26.3. The van der Waals surface area contributed by atoms with Crippen LogP contribution in [-0.2, 0) is 86.7 Å². The number of thiazole rings is 3. The molecule has 23 heteroatoms. The minimum atomic E-state index is -2.61. The van der Waals surface area contributed by atoms with Gasteiger partial charge >= 0.3 is 23.9 Å². The number of fused-ring (bicyclic) bond motifs is 6. The highest BCUT2D eigenvalue weighted by Crippen LogP contribution is 2.60. The van der Waals surface area contributed by atoms with Crippen molar-refractivity contribution in [3.8, 4) is 45.2 Å². The van der Waals surface area contributed by atoms with Gasteiger partial charge in [0.1, 0.15) is 65.4 Å². The summed E-state index contributed by atoms with van der Waals surface area (Å²) in [5.74, 6) is -5.16. The largest absolute Gasteiger partial charge is 0.459 e. The maximum Gasteiger partial charge on any atom is 0.334 e. The summed E-state index contributed by atoms with van der Waals surface area (Å²) in [4.78, 5) is 107. The van der Waals surface area contributed by atoms with Gasteiger partial charge in [-0.2, -0.15) is 21.0 Å². The summed E-state index contributed by atoms with van der Waals surface area (Å²) in [5, 5.41) is 39.2. The normalized spacial score (nSPS) is 14.4. The van der Waals surface area contributed by atoms with Crippen LogP contribution >= 0.6 is 45.8 Å². The summed E-state index contributed by atoms with van der Waals surface area (Å²) in [6.45, 7) is 2.22. The molecular formula is C63H41N9O10S4. The molecule has 0 spiro atoms. The van der Waals surface area contributed by atoms with E-state index in [1.807, 2.05) is 24.3 Å². The summed E-state index contributed by atoms with van der Waals surface area (Å²) in [6, 6.07) is 45.2. The molecule has 1 fully saturated rings. The number of carbonyl (C=O) groups excluding carboxylic acids is 5. The number of aromatic nitrogens is 3. The third-order valence-corrected chi connectivity index (χ3v) is 18.5. The number of ether oxygens (including phenoxy) is 4. The molecule has 0 atom stereocenters. The molecule has 8 aromatic rings. The first-order chi connectivity index (χ1) is 41.8. The second-order valence-corrected chi connectivity index (χ2v) is 23.1. The second-order valence-electron chi connectivity index (χ2n) is 19.1. The zero-order chi connectivity index (χ0) is 60.3. The minimum Gasteiger partial charge on any atom is -0.459 e. The lowest BCUT2D eigenvalue weighted by Gasteiger charge is -2.28. The van der Waals surface area contributed by atoms with Gasteiger partial charge in [-0.05, 0) is 88.3 Å². The van der Waals surface area contributed by atoms with Gasteiger partial charge in [0.15, 0.2) is 16.2 Å². The van der Waals surface area contributed by atoms with E-state index in [1.165, 1.54) is 27.7 Å². The number of esters is 4. The number of benzene rings is 5. The molecule has 1 aliphatic heterocycles. The van der Waals surface area contributed by atoms with Crippen LogP contribution in [0.4, 0.5) is 5.13 Å². The fourth-order valence-corrected chi connectivity index (χ4v) is 14.6. The Kier molecular flexibility index (Phi) is 16.1. The number of rotatable bonds is 16. The first-order valence-corrected chi connectivity index (χ1v) is 29.6. The topological polar surface area (TPSA) is 281 Å². The van der Waals surface area contributed by atoms with Crippen LogP contribution in [0.25, 0.3) is 32.5 Å². The Bertz CT molecular complexity index is 4420. The van der Waals surface area contributed by atoms with Crippen LogP contribution in [0, 0.1) is 45.3 Å². The maximum atomic E-state index is 15.8. The summed E-state index contributed by atoms with van der Waals surface area (Å²) in [5.41, 5.74) is -4.35. The first kappa shape index (κ1) is 57.4. The molecule has 5 aromatic carbocycles. The van der Waals surface area contributed by atoms with Gasteiger partial charge in [0.25, 0.3) is 11.5 Å². The van der Waals surface area contributed by atoms with Gasteiger partial charge in [0, 0.05) is 13.1 Å². The zero-order valence-corrected chi connectivity index (χ0v) is 48.5. The summed E-state index contributed by atoms with van der Waals surface area (Å²) in [7, 11) is 0. The van der Waals surface area contributed by atoms with E-state index >= 15 is 19.2 Å². The van der Waals surface area contributed by atoms with Crippen LogP contribution in [0.3, 0.4) is 0 Å². The molecule has 3 aromatic heterocycles. The number of amides is 1. The third kappa shape index (κ3) is 9.94. The van der Waals surface area contributed by atoms with E-state index in [2.05, 4.69) is 4.99 Å². The van der Waals surface area contributed by atoms with Crippen molar-refractivity contribution in [2.75, 3.05) is 6.54 Å². The molecule has 0 N–H and O–H groups in total. The van der Waals surface area contributed by atoms with Gasteiger partial charge < -0.3 is 18.9 Å². The number of aliphatic imine (C=N–C) groups is 1. The van der Waals surface area contributed by atoms with Crippen LogP contribution < -0.4 is 14.8 Å². The van der Waals surface area contributed by atoms with E-state index in [1.54, 1.807) is 135 Å². The third-order valence-electron chi connectivity index (χ3n) is 14.2. The van der Waals surface area contributed by atoms with Gasteiger partial charge in [0.05, 0.1) is 25.7 Å². The molecule has 422 valence electrons.